The molecule has 0 saturated carbocycles. The number of rotatable bonds is 34. The molecule has 0 aliphatic rings. The molecule has 0 aliphatic carbocycles. The van der Waals surface area contributed by atoms with Crippen LogP contribution in [-0.4, -0.2) is 219 Å². The van der Waals surface area contributed by atoms with Crippen LogP contribution in [0.2, 0.25) is 0 Å². The van der Waals surface area contributed by atoms with Gasteiger partial charge in [-0.3, -0.25) is 48.2 Å². The first-order chi connectivity index (χ1) is 61.3. The number of nitrogens with one attached hydrogen (secondary N) is 8. The van der Waals surface area contributed by atoms with Gasteiger partial charge in [-0.1, -0.05) is 272 Å². The largest absolute Gasteiger partial charge is 0.385 e. The first-order valence-electron chi connectivity index (χ1n) is 46.6. The van der Waals surface area contributed by atoms with E-state index in [9.17, 15) is 60.0 Å². The van der Waals surface area contributed by atoms with Crippen LogP contribution in [0.25, 0.3) is 0 Å². The zero-order valence-corrected chi connectivity index (χ0v) is 91.4. The fourth-order valence-corrected chi connectivity index (χ4v) is 12.6. The molecule has 28 nitrogen and oxygen atoms in total. The molecule has 0 unspecified atom stereocenters. The van der Waals surface area contributed by atoms with E-state index in [1.54, 1.807) is 49.5 Å². The number of hydrogen-bond donors (Lipinski definition) is 8. The van der Waals surface area contributed by atoms with Crippen molar-refractivity contribution in [1.82, 2.24) is 62.2 Å². The molecule has 0 fully saturated rings. The number of ether oxygens (including phenoxy) is 2. The zero-order chi connectivity index (χ0) is 104. The maximum absolute atomic E-state index is 12.0. The Morgan fingerprint density at radius 2 is 0.754 bits per heavy atom. The molecule has 0 atom stereocenters. The van der Waals surface area contributed by atoms with Gasteiger partial charge in [0, 0.05) is 172 Å². The van der Waals surface area contributed by atoms with Crippen LogP contribution in [0.1, 0.15) is 276 Å². The van der Waals surface area contributed by atoms with Crippen molar-refractivity contribution in [3.63, 3.8) is 0 Å². The Balaban J connectivity index is -0.000000710. The Bertz CT molecular complexity index is 4370. The molecule has 2 aromatic heterocycles. The number of unbranched alkanes of at least 4 members (excludes halogenated alkanes) is 2. The highest BCUT2D eigenvalue weighted by molar-refractivity contribution is 7.91. The summed E-state index contributed by atoms with van der Waals surface area (Å²) in [5.74, 6) is 2.00. The number of carbonyl (C=O) groups excluding carboxylic acids is 9. The molecule has 0 bridgehead atoms. The number of nitrogens with zero attached hydrogens (tertiary/aromatic N) is 5. The van der Waals surface area contributed by atoms with Gasteiger partial charge in [-0.2, -0.15) is 10.4 Å². The van der Waals surface area contributed by atoms with Crippen LogP contribution in [0, 0.1) is 73.9 Å². The minimum absolute atomic E-state index is 0.0450. The highest BCUT2D eigenvalue weighted by atomic mass is 32.2. The lowest BCUT2D eigenvalue weighted by Crippen LogP contribution is -2.37. The van der Waals surface area contributed by atoms with Gasteiger partial charge < -0.3 is 56.5 Å². The summed E-state index contributed by atoms with van der Waals surface area (Å²) in [4.78, 5) is 113. The molecule has 8 N–H and O–H groups in total. The summed E-state index contributed by atoms with van der Waals surface area (Å²) in [5, 5.41) is 37.1. The van der Waals surface area contributed by atoms with Crippen LogP contribution in [0.15, 0.2) is 96.6 Å². The maximum Gasteiger partial charge on any atom is 0.227 e. The van der Waals surface area contributed by atoms with Crippen molar-refractivity contribution in [2.24, 2.45) is 48.7 Å². The van der Waals surface area contributed by atoms with Gasteiger partial charge in [0.2, 0.25) is 53.2 Å². The second kappa shape index (κ2) is 65.7. The molecule has 0 aliphatic heterocycles. The van der Waals surface area contributed by atoms with Crippen molar-refractivity contribution in [1.29, 1.82) is 5.26 Å². The Hall–Kier alpha value is -8.96. The van der Waals surface area contributed by atoms with E-state index in [0.29, 0.717) is 57.5 Å². The van der Waals surface area contributed by atoms with Gasteiger partial charge in [-0.05, 0) is 118 Å². The normalized spacial score (nSPS) is 11.5. The Morgan fingerprint density at radius 3 is 1.08 bits per heavy atom. The number of aromatic nitrogens is 3. The van der Waals surface area contributed by atoms with Crippen LogP contribution in [-0.2, 0) is 104 Å². The monoisotopic (exact) mass is 1930 g/mol. The lowest BCUT2D eigenvalue weighted by molar-refractivity contribution is -0.138. The van der Waals surface area contributed by atoms with E-state index >= 15 is 0 Å². The van der Waals surface area contributed by atoms with Gasteiger partial charge in [-0.15, -0.1) is 11.3 Å². The number of aromatic amines is 1. The first kappa shape index (κ1) is 131. The Kier molecular flexibility index (Phi) is 64.4. The number of carbonyl (C=O) groups is 9. The Morgan fingerprint density at radius 1 is 0.410 bits per heavy atom. The average molecular weight is 1940 g/mol. The van der Waals surface area contributed by atoms with Gasteiger partial charge >= 0.3 is 0 Å². The zero-order valence-electron chi connectivity index (χ0n) is 89.0. The number of aryl methyl sites for hydroxylation is 2. The molecular weight excluding hydrogens is 1760 g/mol. The number of nitriles is 1. The smallest absolute Gasteiger partial charge is 0.227 e. The predicted octanol–water partition coefficient (Wildman–Crippen LogP) is 16.0. The molecule has 2 heterocycles. The molecule has 9 amide bonds. The number of amides is 9. The lowest BCUT2D eigenvalue weighted by Gasteiger charge is -2.26. The molecule has 5 rings (SSSR count). The van der Waals surface area contributed by atoms with E-state index in [2.05, 4.69) is 132 Å². The van der Waals surface area contributed by atoms with Crippen LogP contribution < -0.4 is 37.2 Å². The van der Waals surface area contributed by atoms with Crippen molar-refractivity contribution < 1.29 is 69.5 Å². The standard InChI is InChI=1S/C15H23NO.C14H18N2O.C14H21NO.C11H23NO2.C11H17NOS.C10H21NO3S.C10H21NO2.C9H16N4O.C9H19NO3S/c1-12-7-6-8-13(11-12)9-10-16(5)14(17)15(2,3)4;1-14(2,3)13(17)16-9-8-11-4-6-12(10-15)7-5-11;1-11-6-5-7-12(10-11)8-9-15-13(16)14(2,3)4;1-11(2,3)10(13)12(4)8-6-7-9-14-5;1-11(2,3)10(13)12-7-6-9-5-4-8-14-9;1-5-15(13,14)8-6-7-11-9(12)10(2,3)4;1-10(2,3)9(12)11-7-5-6-8-13-4;1-9(2,3)8(14)10-5-4-7-11-6-12-13-7;1-9(2,3)8(11)10-6-5-7-14(4,12)13/h6-8,11H,9-10H2,1-5H3;4-7H,8-9H2,1-3H3,(H,16,17);5-7,10H,8-9H2,1-4H3,(H,15,16);6-9H2,1-5H3;4-5,8H,6-7H2,1-3H3,(H,12,13);5-8H2,1-4H3,(H,11,12);5-8H2,1-4H3,(H,11,12);6H,4-5H2,1-3H3,(H,10,14)(H,11,12,13);5-7H2,1-4H3,(H,10,11). The van der Waals surface area contributed by atoms with Gasteiger partial charge in [0.1, 0.15) is 31.8 Å². The van der Waals surface area contributed by atoms with Crippen molar-refractivity contribution in [3.8, 4) is 6.07 Å². The molecule has 31 heteroatoms. The van der Waals surface area contributed by atoms with E-state index in [0.717, 1.165) is 102 Å². The summed E-state index contributed by atoms with van der Waals surface area (Å²) in [6.45, 7) is 64.5. The summed E-state index contributed by atoms with van der Waals surface area (Å²) < 4.78 is 53.6. The highest BCUT2D eigenvalue weighted by Gasteiger charge is 2.29. The second-order valence-electron chi connectivity index (χ2n) is 42.5. The molecule has 5 aromatic rings. The van der Waals surface area contributed by atoms with Gasteiger partial charge in [0.05, 0.1) is 23.1 Å². The summed E-state index contributed by atoms with van der Waals surface area (Å²) in [5.41, 5.74) is 3.96. The molecule has 3 aromatic carbocycles. The summed E-state index contributed by atoms with van der Waals surface area (Å²) in [7, 11) is 1.31. The molecule has 134 heavy (non-hydrogen) atoms. The minimum atomic E-state index is -2.91. The topological polar surface area (TPSA) is 396 Å². The highest BCUT2D eigenvalue weighted by Crippen LogP contribution is 2.22. The summed E-state index contributed by atoms with van der Waals surface area (Å²) in [6.07, 6.45) is 11.8. The molecular formula is C103H179N13O15S3. The fourth-order valence-electron chi connectivity index (χ4n) is 10.4. The van der Waals surface area contributed by atoms with E-state index in [1.165, 1.54) is 39.7 Å². The quantitative estimate of drug-likeness (QED) is 0.0177. The number of methoxy groups -OCH3 is 2. The molecule has 0 saturated heterocycles. The molecule has 764 valence electrons. The van der Waals surface area contributed by atoms with Gasteiger partial charge in [0.15, 0.2) is 0 Å². The van der Waals surface area contributed by atoms with E-state index in [4.69, 9.17) is 14.7 Å². The van der Waals surface area contributed by atoms with Crippen molar-refractivity contribution in [2.45, 2.75) is 278 Å². The molecule has 0 spiro atoms. The number of hydrogen-bond acceptors (Lipinski definition) is 19. The van der Waals surface area contributed by atoms with Crippen LogP contribution in [0.3, 0.4) is 0 Å². The molecule has 0 radical (unpaired) electrons. The SMILES string of the molecule is CC(C)(C)C(=O)NCCCS(C)(=O)=O.CC(C)(C)C(=O)NCCc1ccc(C#N)cc1.CC(C)(C)C(=O)NCCc1cccs1.CC(C)(C)C(=O)NCCc1ncn[nH]1.CCS(=O)(=O)CCCNC(=O)C(C)(C)C.COCCCCN(C)C(=O)C(C)(C)C.COCCCCNC(=O)C(C)(C)C.Cc1cccc(CCN(C)C(=O)C(C)(C)C)c1.Cc1cccc(CCNC(=O)C(C)(C)C)c1. The lowest BCUT2D eigenvalue weighted by atomic mass is 9.95. The number of sulfone groups is 2. The van der Waals surface area contributed by atoms with Gasteiger partial charge in [0.25, 0.3) is 0 Å². The average Bonchev–Trinajstić information content (AvgIpc) is 1.63. The van der Waals surface area contributed by atoms with E-state index in [1.807, 2.05) is 224 Å². The van der Waals surface area contributed by atoms with Crippen LogP contribution in [0.5, 0.6) is 0 Å². The fraction of sp³-hybridized carbons (Fsp3) is 0.670. The minimum Gasteiger partial charge on any atom is -0.385 e. The number of benzene rings is 3. The van der Waals surface area contributed by atoms with Crippen molar-refractivity contribution in [2.75, 3.05) is 124 Å². The van der Waals surface area contributed by atoms with Crippen molar-refractivity contribution in [3.05, 3.63) is 141 Å². The third-order valence-corrected chi connectivity index (χ3v) is 22.7. The third kappa shape index (κ3) is 71.5. The summed E-state index contributed by atoms with van der Waals surface area (Å²) in [6, 6.07) is 30.5. The van der Waals surface area contributed by atoms with Crippen molar-refractivity contribution >= 4 is 84.2 Å². The number of thiophene rings is 1. The second-order valence-corrected chi connectivity index (χ2v) is 48.3. The third-order valence-electron chi connectivity index (χ3n) is 19.0. The first-order valence-corrected chi connectivity index (χ1v) is 51.4. The van der Waals surface area contributed by atoms with E-state index in [-0.39, 0.29) is 108 Å². The van der Waals surface area contributed by atoms with E-state index < -0.39 is 30.5 Å². The number of H-pyrrole nitrogens is 1. The number of likely N-dealkylation sites (N-methyl/N-ethyl adjacent to an activating group) is 1. The maximum atomic E-state index is 12.0. The van der Waals surface area contributed by atoms with Crippen LogP contribution in [0.4, 0.5) is 0 Å². The Labute approximate surface area is 813 Å². The van der Waals surface area contributed by atoms with Gasteiger partial charge in [-0.25, -0.2) is 21.8 Å². The predicted molar refractivity (Wildman–Crippen MR) is 550 cm³/mol. The summed E-state index contributed by atoms with van der Waals surface area (Å²) >= 11 is 1.73. The van der Waals surface area contributed by atoms with Crippen LogP contribution >= 0.6 is 11.3 Å².